The number of fused-ring (bicyclic) bond motifs is 8. The molecule has 0 unspecified atom stereocenters. The maximum absolute atomic E-state index is 6.58. The predicted octanol–water partition coefficient (Wildman–Crippen LogP) is 26.8. The van der Waals surface area contributed by atoms with Crippen LogP contribution >= 0.6 is 0 Å². The molecule has 1 saturated heterocycles. The van der Waals surface area contributed by atoms with E-state index in [9.17, 15) is 0 Å². The second-order valence-corrected chi connectivity index (χ2v) is 40.0. The Bertz CT molecular complexity index is 6160. The van der Waals surface area contributed by atoms with Crippen molar-refractivity contribution in [2.45, 2.75) is 209 Å². The SMILES string of the molecule is CC(C)(C)c1cc(C#Cc2ccc(-c3c4nc(c(-c5ccc(C#Cc6cc(C(C)(C)C)cc(C(C)(C)C)c6)cc5)c5ccc([nH]5)c(-c5ccc(OCc6ccc(COc7ccc(B8OC(C)(C)C(C)(C)O8)cc7)cc6)cc5)c5nc(c(-c6ccc(C#Cc7cc(C(C)(C)C)cc(C(C)(C)C)c7)cc6)c6ccc3[nH]6)C=C5)C=C4)cc2)cc(C(C)(C)C)c1. The number of aromatic amines is 2. The molecule has 8 bridgehead atoms. The summed E-state index contributed by atoms with van der Waals surface area (Å²) < 4.78 is 25.4. The van der Waals surface area contributed by atoms with Crippen LogP contribution in [0.4, 0.5) is 0 Å². The maximum atomic E-state index is 6.58. The van der Waals surface area contributed by atoms with Crippen LogP contribution in [0.2, 0.25) is 0 Å². The number of aromatic nitrogens is 4. The molecule has 9 aromatic carbocycles. The van der Waals surface area contributed by atoms with Crippen molar-refractivity contribution in [2.75, 3.05) is 0 Å². The average molecular weight is 1590 g/mol. The van der Waals surface area contributed by atoms with E-state index in [2.05, 4.69) is 422 Å². The Morgan fingerprint density at radius 3 is 0.769 bits per heavy atom. The van der Waals surface area contributed by atoms with E-state index in [1.54, 1.807) is 0 Å². The number of rotatable bonds is 11. The molecule has 608 valence electrons. The lowest BCUT2D eigenvalue weighted by Gasteiger charge is -2.32. The van der Waals surface area contributed by atoms with Crippen molar-refractivity contribution in [1.29, 1.82) is 0 Å². The average Bonchev–Trinajstić information content (AvgIpc) is 1.62. The van der Waals surface area contributed by atoms with Crippen molar-refractivity contribution in [3.05, 3.63) is 325 Å². The molecule has 3 aliphatic heterocycles. The van der Waals surface area contributed by atoms with Gasteiger partial charge in [0.05, 0.1) is 34.0 Å². The highest BCUT2D eigenvalue weighted by molar-refractivity contribution is 6.62. The van der Waals surface area contributed by atoms with Gasteiger partial charge in [-0.25, -0.2) is 9.97 Å². The van der Waals surface area contributed by atoms with Crippen LogP contribution in [0.5, 0.6) is 11.5 Å². The lowest BCUT2D eigenvalue weighted by atomic mass is 9.79. The van der Waals surface area contributed by atoms with Gasteiger partial charge in [-0.05, 0) is 278 Å². The Kier molecular flexibility index (Phi) is 22.5. The number of hydrogen-bond donors (Lipinski definition) is 2. The highest BCUT2D eigenvalue weighted by atomic mass is 16.7. The molecule has 0 radical (unpaired) electrons. The summed E-state index contributed by atoms with van der Waals surface area (Å²) in [6.07, 6.45) is 8.61. The standard InChI is InChI=1S/C112H113BN4O4/c1-105(2,3)84-61-77(62-85(67-84)106(4,5)6)30-23-72-33-39-80(40-34-72)101-93-53-55-95(114-93)102(81-41-35-73(36-42-81)24-31-78-63-86(107(7,8)9)68-87(64-78)108(10,11)12)97-57-59-99(116-97)104(83-45-49-91(50-46-83)118-70-75-26-28-76(29-27-75)71-119-92-51-47-90(48-52-92)113-120-111(19,20)112(21,22)121-113)100-60-58-98(117-100)103(96-56-54-94(101)115-96)82-43-37-74(38-44-82)25-32-79-65-88(109(13,14)15)69-89(66-79)110(16,17)18/h26-29,33-69,114,117H,70-71H2,1-22H3. The van der Waals surface area contributed by atoms with Gasteiger partial charge in [-0.1, -0.05) is 263 Å². The van der Waals surface area contributed by atoms with Gasteiger partial charge in [0.2, 0.25) is 0 Å². The first-order chi connectivity index (χ1) is 57.1. The summed E-state index contributed by atoms with van der Waals surface area (Å²) in [5.41, 5.74) is 29.7. The minimum Gasteiger partial charge on any atom is -0.489 e. The maximum Gasteiger partial charge on any atom is 0.494 e. The second-order valence-electron chi connectivity index (χ2n) is 40.0. The number of hydrogen-bond acceptors (Lipinski definition) is 6. The van der Waals surface area contributed by atoms with Crippen LogP contribution in [0, 0.1) is 35.5 Å². The molecular weight excluding hydrogens is 1480 g/mol. The van der Waals surface area contributed by atoms with E-state index in [1.807, 2.05) is 24.3 Å². The van der Waals surface area contributed by atoms with Gasteiger partial charge in [0.25, 0.3) is 0 Å². The summed E-state index contributed by atoms with van der Waals surface area (Å²) in [5.74, 6) is 22.9. The number of nitrogens with one attached hydrogen (secondary N) is 2. The van der Waals surface area contributed by atoms with Crippen LogP contribution in [0.25, 0.3) is 90.9 Å². The molecule has 9 heteroatoms. The Morgan fingerprint density at radius 2 is 0.521 bits per heavy atom. The predicted molar refractivity (Wildman–Crippen MR) is 507 cm³/mol. The van der Waals surface area contributed by atoms with Crippen molar-refractivity contribution >= 4 is 59.0 Å². The van der Waals surface area contributed by atoms with Gasteiger partial charge < -0.3 is 28.8 Å². The van der Waals surface area contributed by atoms with E-state index >= 15 is 0 Å². The van der Waals surface area contributed by atoms with E-state index in [4.69, 9.17) is 28.8 Å². The van der Waals surface area contributed by atoms with Crippen molar-refractivity contribution in [3.8, 4) is 91.5 Å². The molecular formula is C112H113BN4O4. The van der Waals surface area contributed by atoms with Crippen molar-refractivity contribution in [2.24, 2.45) is 0 Å². The quantitative estimate of drug-likeness (QED) is 0.0990. The van der Waals surface area contributed by atoms with Crippen LogP contribution in [0.15, 0.2) is 224 Å². The number of H-pyrrole nitrogens is 2. The molecule has 0 spiro atoms. The monoisotopic (exact) mass is 1590 g/mol. The molecule has 2 N–H and O–H groups in total. The smallest absolute Gasteiger partial charge is 0.489 e. The Morgan fingerprint density at radius 1 is 0.289 bits per heavy atom. The third kappa shape index (κ3) is 19.0. The largest absolute Gasteiger partial charge is 0.494 e. The number of ether oxygens (including phenoxy) is 2. The van der Waals surface area contributed by atoms with E-state index in [0.29, 0.717) is 13.2 Å². The first-order valence-electron chi connectivity index (χ1n) is 42.5. The normalized spacial score (nSPS) is 13.9. The van der Waals surface area contributed by atoms with E-state index in [1.165, 1.54) is 33.4 Å². The zero-order valence-corrected chi connectivity index (χ0v) is 74.7. The highest BCUT2D eigenvalue weighted by Gasteiger charge is 2.51. The lowest BCUT2D eigenvalue weighted by Crippen LogP contribution is -2.41. The molecule has 1 fully saturated rings. The van der Waals surface area contributed by atoms with E-state index < -0.39 is 18.3 Å². The topological polar surface area (TPSA) is 94.3 Å². The molecule has 6 heterocycles. The summed E-state index contributed by atoms with van der Waals surface area (Å²) >= 11 is 0. The highest BCUT2D eigenvalue weighted by Crippen LogP contribution is 2.43. The van der Waals surface area contributed by atoms with Crippen LogP contribution in [-0.4, -0.2) is 38.3 Å². The van der Waals surface area contributed by atoms with Gasteiger partial charge in [0, 0.05) is 77.7 Å². The van der Waals surface area contributed by atoms with Crippen molar-refractivity contribution < 1.29 is 18.8 Å². The summed E-state index contributed by atoms with van der Waals surface area (Å²) in [6.45, 7) is 49.9. The van der Waals surface area contributed by atoms with Gasteiger partial charge in [-0.15, -0.1) is 0 Å². The third-order valence-corrected chi connectivity index (χ3v) is 23.7. The summed E-state index contributed by atoms with van der Waals surface area (Å²) in [5, 5.41) is 0. The third-order valence-electron chi connectivity index (χ3n) is 23.7. The second kappa shape index (κ2) is 32.4. The van der Waals surface area contributed by atoms with Gasteiger partial charge in [0.1, 0.15) is 24.7 Å². The van der Waals surface area contributed by atoms with E-state index in [0.717, 1.165) is 151 Å². The van der Waals surface area contributed by atoms with Crippen molar-refractivity contribution in [1.82, 2.24) is 19.9 Å². The lowest BCUT2D eigenvalue weighted by molar-refractivity contribution is 0.00578. The molecule has 3 aromatic heterocycles. The fourth-order valence-electron chi connectivity index (χ4n) is 15.2. The molecule has 0 amide bonds. The first kappa shape index (κ1) is 83.9. The van der Waals surface area contributed by atoms with Gasteiger partial charge in [0.15, 0.2) is 0 Å². The summed E-state index contributed by atoms with van der Waals surface area (Å²) in [7, 11) is -0.430. The van der Waals surface area contributed by atoms with Crippen molar-refractivity contribution in [3.63, 3.8) is 0 Å². The van der Waals surface area contributed by atoms with Gasteiger partial charge in [-0.2, -0.15) is 0 Å². The molecule has 0 saturated carbocycles. The minimum absolute atomic E-state index is 0.0381. The minimum atomic E-state index is -0.430. The Hall–Kier alpha value is -12.2. The van der Waals surface area contributed by atoms with E-state index in [-0.39, 0.29) is 32.5 Å². The Balaban J connectivity index is 0.843. The zero-order valence-electron chi connectivity index (χ0n) is 74.7. The van der Waals surface area contributed by atoms with Crippen LogP contribution in [0.3, 0.4) is 0 Å². The number of benzene rings is 9. The van der Waals surface area contributed by atoms with Gasteiger partial charge >= 0.3 is 7.12 Å². The molecule has 121 heavy (non-hydrogen) atoms. The van der Waals surface area contributed by atoms with Gasteiger partial charge in [-0.3, -0.25) is 0 Å². The van der Waals surface area contributed by atoms with Crippen LogP contribution < -0.4 is 14.9 Å². The molecule has 12 aromatic rings. The fraction of sp³-hybridized carbons (Fsp3) is 0.286. The first-order valence-corrected chi connectivity index (χ1v) is 42.5. The summed E-state index contributed by atoms with van der Waals surface area (Å²) in [6, 6.07) is 79.8. The fourth-order valence-corrected chi connectivity index (χ4v) is 15.2. The summed E-state index contributed by atoms with van der Waals surface area (Å²) in [4.78, 5) is 19.5. The molecule has 3 aliphatic rings. The van der Waals surface area contributed by atoms with Crippen LogP contribution in [-0.2, 0) is 55.0 Å². The van der Waals surface area contributed by atoms with Crippen LogP contribution in [0.1, 0.15) is 253 Å². The molecule has 8 nitrogen and oxygen atoms in total. The zero-order chi connectivity index (χ0) is 85.9. The Labute approximate surface area is 719 Å². The number of nitrogens with zero attached hydrogens (tertiary/aromatic N) is 2. The molecule has 0 aliphatic carbocycles. The molecule has 15 rings (SSSR count). The molecule has 0 atom stereocenters.